The Labute approximate surface area is 84.3 Å². The number of aliphatic hydroxyl groups is 1. The van der Waals surface area contributed by atoms with Crippen molar-refractivity contribution in [2.75, 3.05) is 14.2 Å². The van der Waals surface area contributed by atoms with Gasteiger partial charge in [-0.15, -0.1) is 0 Å². The Morgan fingerprint density at radius 2 is 2.00 bits per heavy atom. The van der Waals surface area contributed by atoms with Crippen molar-refractivity contribution in [1.82, 2.24) is 0 Å². The summed E-state index contributed by atoms with van der Waals surface area (Å²) in [7, 11) is 3.23. The zero-order valence-electron chi connectivity index (χ0n) is 8.78. The molecule has 1 atom stereocenters. The lowest BCUT2D eigenvalue weighted by molar-refractivity contribution is 0.194. The van der Waals surface area contributed by atoms with Gasteiger partial charge in [-0.1, -0.05) is 6.07 Å². The summed E-state index contributed by atoms with van der Waals surface area (Å²) in [6.45, 7) is 1.75. The average Bonchev–Trinajstić information content (AvgIpc) is 2.17. The molecule has 1 aromatic carbocycles. The van der Waals surface area contributed by atoms with E-state index >= 15 is 0 Å². The minimum atomic E-state index is -0.364. The molecule has 0 saturated heterocycles. The highest BCUT2D eigenvalue weighted by Gasteiger charge is 2.07. The molecule has 0 heterocycles. The van der Waals surface area contributed by atoms with Crippen molar-refractivity contribution < 1.29 is 14.6 Å². The van der Waals surface area contributed by atoms with Gasteiger partial charge in [-0.3, -0.25) is 0 Å². The van der Waals surface area contributed by atoms with Gasteiger partial charge in [0.2, 0.25) is 0 Å². The standard InChI is InChI=1S/C11H16O3/c1-8(12)6-9-4-5-10(13-2)7-11(9)14-3/h4-5,7-8,12H,6H2,1-3H3/t8-/m0/s1. The van der Waals surface area contributed by atoms with E-state index in [4.69, 9.17) is 9.47 Å². The Hall–Kier alpha value is -1.22. The van der Waals surface area contributed by atoms with Crippen LogP contribution < -0.4 is 9.47 Å². The lowest BCUT2D eigenvalue weighted by Gasteiger charge is -2.11. The van der Waals surface area contributed by atoms with Gasteiger partial charge in [0, 0.05) is 12.5 Å². The van der Waals surface area contributed by atoms with E-state index in [1.807, 2.05) is 18.2 Å². The van der Waals surface area contributed by atoms with Crippen LogP contribution in [0.2, 0.25) is 0 Å². The van der Waals surface area contributed by atoms with E-state index in [0.717, 1.165) is 17.1 Å². The van der Waals surface area contributed by atoms with Crippen LogP contribution in [0.5, 0.6) is 11.5 Å². The Morgan fingerprint density at radius 1 is 1.29 bits per heavy atom. The van der Waals surface area contributed by atoms with Crippen LogP contribution in [-0.2, 0) is 6.42 Å². The van der Waals surface area contributed by atoms with E-state index in [1.54, 1.807) is 21.1 Å². The van der Waals surface area contributed by atoms with E-state index in [0.29, 0.717) is 6.42 Å². The minimum absolute atomic E-state index is 0.364. The smallest absolute Gasteiger partial charge is 0.125 e. The normalized spacial score (nSPS) is 12.3. The molecule has 1 rings (SSSR count). The number of benzene rings is 1. The van der Waals surface area contributed by atoms with Crippen molar-refractivity contribution in [3.8, 4) is 11.5 Å². The van der Waals surface area contributed by atoms with Crippen LogP contribution in [0.15, 0.2) is 18.2 Å². The Bertz CT molecular complexity index is 295. The van der Waals surface area contributed by atoms with Crippen molar-refractivity contribution in [1.29, 1.82) is 0 Å². The van der Waals surface area contributed by atoms with Crippen LogP contribution in [0.25, 0.3) is 0 Å². The number of hydrogen-bond donors (Lipinski definition) is 1. The highest BCUT2D eigenvalue weighted by Crippen LogP contribution is 2.25. The van der Waals surface area contributed by atoms with Crippen LogP contribution in [-0.4, -0.2) is 25.4 Å². The van der Waals surface area contributed by atoms with Gasteiger partial charge < -0.3 is 14.6 Å². The molecule has 0 spiro atoms. The summed E-state index contributed by atoms with van der Waals surface area (Å²) in [5.74, 6) is 1.52. The molecule has 0 bridgehead atoms. The largest absolute Gasteiger partial charge is 0.497 e. The summed E-state index contributed by atoms with van der Waals surface area (Å²) >= 11 is 0. The maximum atomic E-state index is 9.27. The second kappa shape index (κ2) is 4.86. The first kappa shape index (κ1) is 10.9. The van der Waals surface area contributed by atoms with Gasteiger partial charge in [0.1, 0.15) is 11.5 Å². The summed E-state index contributed by atoms with van der Waals surface area (Å²) < 4.78 is 10.3. The minimum Gasteiger partial charge on any atom is -0.497 e. The van der Waals surface area contributed by atoms with Crippen LogP contribution in [0.3, 0.4) is 0 Å². The van der Waals surface area contributed by atoms with Gasteiger partial charge in [-0.25, -0.2) is 0 Å². The number of methoxy groups -OCH3 is 2. The quantitative estimate of drug-likeness (QED) is 0.795. The third-order valence-corrected chi connectivity index (χ3v) is 2.01. The second-order valence-electron chi connectivity index (χ2n) is 3.23. The van der Waals surface area contributed by atoms with E-state index in [2.05, 4.69) is 0 Å². The third kappa shape index (κ3) is 2.64. The molecular formula is C11H16O3. The molecule has 3 nitrogen and oxygen atoms in total. The fourth-order valence-corrected chi connectivity index (χ4v) is 1.34. The van der Waals surface area contributed by atoms with Crippen molar-refractivity contribution in [3.63, 3.8) is 0 Å². The molecule has 0 aromatic heterocycles. The second-order valence-corrected chi connectivity index (χ2v) is 3.23. The molecule has 0 unspecified atom stereocenters. The first-order valence-corrected chi connectivity index (χ1v) is 4.56. The van der Waals surface area contributed by atoms with Gasteiger partial charge in [-0.2, -0.15) is 0 Å². The molecule has 1 N–H and O–H groups in total. The van der Waals surface area contributed by atoms with E-state index in [-0.39, 0.29) is 6.10 Å². The fourth-order valence-electron chi connectivity index (χ4n) is 1.34. The lowest BCUT2D eigenvalue weighted by Crippen LogP contribution is -2.05. The third-order valence-electron chi connectivity index (χ3n) is 2.01. The van der Waals surface area contributed by atoms with Crippen molar-refractivity contribution >= 4 is 0 Å². The first-order chi connectivity index (χ1) is 6.67. The Kier molecular flexibility index (Phi) is 3.77. The van der Waals surface area contributed by atoms with Gasteiger partial charge >= 0.3 is 0 Å². The summed E-state index contributed by atoms with van der Waals surface area (Å²) in [5.41, 5.74) is 0.989. The van der Waals surface area contributed by atoms with Crippen molar-refractivity contribution in [3.05, 3.63) is 23.8 Å². The molecule has 0 fully saturated rings. The maximum absolute atomic E-state index is 9.27. The first-order valence-electron chi connectivity index (χ1n) is 4.56. The van der Waals surface area contributed by atoms with Crippen LogP contribution >= 0.6 is 0 Å². The van der Waals surface area contributed by atoms with Crippen LogP contribution in [0, 0.1) is 0 Å². The highest BCUT2D eigenvalue weighted by atomic mass is 16.5. The summed E-state index contributed by atoms with van der Waals surface area (Å²) in [6.07, 6.45) is 0.227. The van der Waals surface area contributed by atoms with Gasteiger partial charge in [0.15, 0.2) is 0 Å². The van der Waals surface area contributed by atoms with Crippen LogP contribution in [0.4, 0.5) is 0 Å². The number of hydrogen-bond acceptors (Lipinski definition) is 3. The summed E-state index contributed by atoms with van der Waals surface area (Å²) in [6, 6.07) is 5.59. The van der Waals surface area contributed by atoms with E-state index in [1.165, 1.54) is 0 Å². The van der Waals surface area contributed by atoms with Crippen molar-refractivity contribution in [2.24, 2.45) is 0 Å². The highest BCUT2D eigenvalue weighted by molar-refractivity contribution is 5.40. The topological polar surface area (TPSA) is 38.7 Å². The fraction of sp³-hybridized carbons (Fsp3) is 0.455. The molecule has 78 valence electrons. The monoisotopic (exact) mass is 196 g/mol. The van der Waals surface area contributed by atoms with Gasteiger partial charge in [0.05, 0.1) is 20.3 Å². The molecule has 1 aromatic rings. The average molecular weight is 196 g/mol. The van der Waals surface area contributed by atoms with Crippen LogP contribution in [0.1, 0.15) is 12.5 Å². The zero-order valence-corrected chi connectivity index (χ0v) is 8.78. The Morgan fingerprint density at radius 3 is 2.50 bits per heavy atom. The summed E-state index contributed by atoms with van der Waals surface area (Å²) in [5, 5.41) is 9.27. The predicted molar refractivity (Wildman–Crippen MR) is 54.9 cm³/mol. The van der Waals surface area contributed by atoms with Gasteiger partial charge in [-0.05, 0) is 18.6 Å². The molecule has 0 aliphatic heterocycles. The lowest BCUT2D eigenvalue weighted by atomic mass is 10.1. The van der Waals surface area contributed by atoms with E-state index in [9.17, 15) is 5.11 Å². The van der Waals surface area contributed by atoms with Crippen molar-refractivity contribution in [2.45, 2.75) is 19.4 Å². The number of ether oxygens (including phenoxy) is 2. The Balaban J connectivity index is 2.93. The molecule has 0 radical (unpaired) electrons. The SMILES string of the molecule is COc1ccc(C[C@H](C)O)c(OC)c1. The molecule has 14 heavy (non-hydrogen) atoms. The molecule has 0 aliphatic carbocycles. The zero-order chi connectivity index (χ0) is 10.6. The number of rotatable bonds is 4. The molecular weight excluding hydrogens is 180 g/mol. The molecule has 0 amide bonds. The summed E-state index contributed by atoms with van der Waals surface area (Å²) in [4.78, 5) is 0. The predicted octanol–water partition coefficient (Wildman–Crippen LogP) is 1.63. The number of aliphatic hydroxyl groups excluding tert-OH is 1. The molecule has 3 heteroatoms. The maximum Gasteiger partial charge on any atom is 0.125 e. The van der Waals surface area contributed by atoms with Gasteiger partial charge in [0.25, 0.3) is 0 Å². The molecule has 0 aliphatic rings. The molecule has 0 saturated carbocycles. The van der Waals surface area contributed by atoms with E-state index < -0.39 is 0 Å².